The Labute approximate surface area is 176 Å². The summed E-state index contributed by atoms with van der Waals surface area (Å²) in [4.78, 5) is 21.5. The Morgan fingerprint density at radius 1 is 0.935 bits per heavy atom. The molecule has 0 radical (unpaired) electrons. The molecule has 4 aromatic rings. The molecule has 0 aliphatic carbocycles. The summed E-state index contributed by atoms with van der Waals surface area (Å²) in [6.45, 7) is 0. The minimum Gasteiger partial charge on any atom is -0.437 e. The SMILES string of the molecule is NS(=O)(=O)c1cccc(NC(=O)c2nc3ccccc3nc2Oc2ccc(F)cc2)c1. The van der Waals surface area contributed by atoms with E-state index >= 15 is 0 Å². The van der Waals surface area contributed by atoms with Crippen LogP contribution in [0.1, 0.15) is 10.5 Å². The maximum Gasteiger partial charge on any atom is 0.279 e. The molecule has 31 heavy (non-hydrogen) atoms. The number of carbonyl (C=O) groups is 1. The van der Waals surface area contributed by atoms with Gasteiger partial charge in [-0.15, -0.1) is 0 Å². The van der Waals surface area contributed by atoms with Gasteiger partial charge in [-0.05, 0) is 54.6 Å². The summed E-state index contributed by atoms with van der Waals surface area (Å²) in [7, 11) is -3.94. The van der Waals surface area contributed by atoms with Gasteiger partial charge in [0, 0.05) is 5.69 Å². The number of primary sulfonamides is 1. The van der Waals surface area contributed by atoms with Crippen LogP contribution in [0, 0.1) is 5.82 Å². The second-order valence-electron chi connectivity index (χ2n) is 6.45. The van der Waals surface area contributed by atoms with Crippen molar-refractivity contribution in [3.63, 3.8) is 0 Å². The number of hydrogen-bond donors (Lipinski definition) is 2. The Morgan fingerprint density at radius 3 is 2.29 bits per heavy atom. The van der Waals surface area contributed by atoms with Crippen molar-refractivity contribution in [3.05, 3.63) is 84.3 Å². The zero-order valence-corrected chi connectivity index (χ0v) is 16.6. The van der Waals surface area contributed by atoms with Crippen LogP contribution in [-0.4, -0.2) is 24.3 Å². The van der Waals surface area contributed by atoms with Crippen LogP contribution in [0.3, 0.4) is 0 Å². The van der Waals surface area contributed by atoms with Gasteiger partial charge in [-0.2, -0.15) is 0 Å². The van der Waals surface area contributed by atoms with Gasteiger partial charge in [-0.1, -0.05) is 18.2 Å². The molecule has 0 bridgehead atoms. The molecular formula is C21H15FN4O4S. The number of ether oxygens (including phenoxy) is 1. The molecule has 1 amide bonds. The number of nitrogens with zero attached hydrogens (tertiary/aromatic N) is 2. The van der Waals surface area contributed by atoms with E-state index in [4.69, 9.17) is 9.88 Å². The summed E-state index contributed by atoms with van der Waals surface area (Å²) in [5.74, 6) is -0.951. The highest BCUT2D eigenvalue weighted by molar-refractivity contribution is 7.89. The van der Waals surface area contributed by atoms with Crippen molar-refractivity contribution >= 4 is 32.7 Å². The molecule has 3 aromatic carbocycles. The smallest absolute Gasteiger partial charge is 0.279 e. The molecule has 156 valence electrons. The van der Waals surface area contributed by atoms with E-state index in [0.717, 1.165) is 0 Å². The third-order valence-corrected chi connectivity index (χ3v) is 5.11. The zero-order valence-electron chi connectivity index (χ0n) is 15.8. The summed E-state index contributed by atoms with van der Waals surface area (Å²) in [5, 5.41) is 7.71. The van der Waals surface area contributed by atoms with Gasteiger partial charge in [0.25, 0.3) is 11.8 Å². The minimum absolute atomic E-state index is 0.0922. The number of para-hydroxylation sites is 2. The molecule has 0 fully saturated rings. The first-order chi connectivity index (χ1) is 14.8. The number of carbonyl (C=O) groups excluding carboxylic acids is 1. The fraction of sp³-hybridized carbons (Fsp3) is 0. The number of benzene rings is 3. The molecule has 0 aliphatic rings. The third kappa shape index (κ3) is 4.65. The van der Waals surface area contributed by atoms with Crippen molar-refractivity contribution in [1.29, 1.82) is 0 Å². The summed E-state index contributed by atoms with van der Waals surface area (Å²) < 4.78 is 42.0. The van der Waals surface area contributed by atoms with Crippen LogP contribution in [-0.2, 0) is 10.0 Å². The molecule has 4 rings (SSSR count). The Hall–Kier alpha value is -3.89. The standard InChI is InChI=1S/C21H15FN4O4S/c22-13-8-10-15(11-9-13)30-21-19(25-17-6-1-2-7-18(17)26-21)20(27)24-14-4-3-5-16(12-14)31(23,28)29/h1-12H,(H,24,27)(H2,23,28,29). The number of amides is 1. The fourth-order valence-corrected chi connectivity index (χ4v) is 3.32. The number of halogens is 1. The monoisotopic (exact) mass is 438 g/mol. The van der Waals surface area contributed by atoms with Crippen LogP contribution in [0.25, 0.3) is 11.0 Å². The average molecular weight is 438 g/mol. The molecule has 0 saturated carbocycles. The lowest BCUT2D eigenvalue weighted by Gasteiger charge is -2.12. The highest BCUT2D eigenvalue weighted by Gasteiger charge is 2.20. The number of hydrogen-bond acceptors (Lipinski definition) is 6. The number of sulfonamides is 1. The molecule has 10 heteroatoms. The number of anilines is 1. The van der Waals surface area contributed by atoms with Gasteiger partial charge in [0.1, 0.15) is 11.6 Å². The number of nitrogens with two attached hydrogens (primary N) is 1. The molecule has 8 nitrogen and oxygen atoms in total. The molecule has 0 unspecified atom stereocenters. The molecule has 1 aromatic heterocycles. The zero-order chi connectivity index (χ0) is 22.0. The Balaban J connectivity index is 1.72. The predicted octanol–water partition coefficient (Wildman–Crippen LogP) is 3.46. The molecule has 3 N–H and O–H groups in total. The molecule has 0 spiro atoms. The lowest BCUT2D eigenvalue weighted by Crippen LogP contribution is -2.17. The van der Waals surface area contributed by atoms with E-state index in [2.05, 4.69) is 15.3 Å². The van der Waals surface area contributed by atoms with E-state index < -0.39 is 21.7 Å². The van der Waals surface area contributed by atoms with E-state index in [1.807, 2.05) is 0 Å². The lowest BCUT2D eigenvalue weighted by molar-refractivity contribution is 0.101. The summed E-state index contributed by atoms with van der Waals surface area (Å²) in [6.07, 6.45) is 0. The van der Waals surface area contributed by atoms with E-state index in [1.165, 1.54) is 48.5 Å². The van der Waals surface area contributed by atoms with Crippen LogP contribution in [0.5, 0.6) is 11.6 Å². The van der Waals surface area contributed by atoms with Crippen molar-refractivity contribution < 1.29 is 22.3 Å². The van der Waals surface area contributed by atoms with Crippen molar-refractivity contribution in [2.45, 2.75) is 4.90 Å². The van der Waals surface area contributed by atoms with E-state index in [0.29, 0.717) is 11.0 Å². The Morgan fingerprint density at radius 2 is 1.61 bits per heavy atom. The van der Waals surface area contributed by atoms with Gasteiger partial charge in [-0.25, -0.2) is 27.9 Å². The van der Waals surface area contributed by atoms with Crippen molar-refractivity contribution in [2.24, 2.45) is 5.14 Å². The van der Waals surface area contributed by atoms with Crippen LogP contribution < -0.4 is 15.2 Å². The van der Waals surface area contributed by atoms with Crippen LogP contribution in [0.2, 0.25) is 0 Å². The largest absolute Gasteiger partial charge is 0.437 e. The number of nitrogens with one attached hydrogen (secondary N) is 1. The first-order valence-electron chi connectivity index (χ1n) is 8.94. The quantitative estimate of drug-likeness (QED) is 0.492. The predicted molar refractivity (Wildman–Crippen MR) is 112 cm³/mol. The van der Waals surface area contributed by atoms with Gasteiger partial charge < -0.3 is 10.1 Å². The minimum atomic E-state index is -3.94. The number of fused-ring (bicyclic) bond motifs is 1. The number of rotatable bonds is 5. The highest BCUT2D eigenvalue weighted by atomic mass is 32.2. The molecule has 0 saturated heterocycles. The van der Waals surface area contributed by atoms with Crippen LogP contribution >= 0.6 is 0 Å². The van der Waals surface area contributed by atoms with E-state index in [9.17, 15) is 17.6 Å². The lowest BCUT2D eigenvalue weighted by atomic mass is 10.2. The summed E-state index contributed by atoms with van der Waals surface area (Å²) in [5.41, 5.74) is 1.01. The van der Waals surface area contributed by atoms with E-state index in [1.54, 1.807) is 24.3 Å². The van der Waals surface area contributed by atoms with Gasteiger partial charge in [0.15, 0.2) is 5.69 Å². The highest BCUT2D eigenvalue weighted by Crippen LogP contribution is 2.26. The van der Waals surface area contributed by atoms with Crippen LogP contribution in [0.4, 0.5) is 10.1 Å². The molecule has 0 atom stereocenters. The first kappa shape index (κ1) is 20.4. The maximum absolute atomic E-state index is 13.2. The van der Waals surface area contributed by atoms with Crippen LogP contribution in [0.15, 0.2) is 77.7 Å². The first-order valence-corrected chi connectivity index (χ1v) is 10.5. The topological polar surface area (TPSA) is 124 Å². The number of aromatic nitrogens is 2. The van der Waals surface area contributed by atoms with Crippen molar-refractivity contribution in [2.75, 3.05) is 5.32 Å². The average Bonchev–Trinajstić information content (AvgIpc) is 2.74. The van der Waals surface area contributed by atoms with Crippen molar-refractivity contribution in [1.82, 2.24) is 9.97 Å². The fourth-order valence-electron chi connectivity index (χ4n) is 2.76. The molecular weight excluding hydrogens is 423 g/mol. The maximum atomic E-state index is 13.2. The normalized spacial score (nSPS) is 11.3. The van der Waals surface area contributed by atoms with Gasteiger partial charge in [0.2, 0.25) is 10.0 Å². The van der Waals surface area contributed by atoms with Gasteiger partial charge in [-0.3, -0.25) is 4.79 Å². The second kappa shape index (κ2) is 8.09. The van der Waals surface area contributed by atoms with Crippen molar-refractivity contribution in [3.8, 4) is 11.6 Å². The van der Waals surface area contributed by atoms with Gasteiger partial charge >= 0.3 is 0 Å². The Kier molecular flexibility index (Phi) is 5.32. The third-order valence-electron chi connectivity index (χ3n) is 4.20. The summed E-state index contributed by atoms with van der Waals surface area (Å²) in [6, 6.07) is 17.6. The molecule has 1 heterocycles. The molecule has 0 aliphatic heterocycles. The summed E-state index contributed by atoms with van der Waals surface area (Å²) >= 11 is 0. The van der Waals surface area contributed by atoms with E-state index in [-0.39, 0.29) is 27.9 Å². The second-order valence-corrected chi connectivity index (χ2v) is 8.01. The van der Waals surface area contributed by atoms with Gasteiger partial charge in [0.05, 0.1) is 15.9 Å². The Bertz CT molecular complexity index is 1390.